The van der Waals surface area contributed by atoms with Gasteiger partial charge in [0.25, 0.3) is 0 Å². The molecule has 0 aliphatic carbocycles. The summed E-state index contributed by atoms with van der Waals surface area (Å²) in [6.07, 6.45) is -0.0180. The van der Waals surface area contributed by atoms with E-state index in [0.29, 0.717) is 11.2 Å². The molecular formula is C20H24N4O4S. The van der Waals surface area contributed by atoms with E-state index in [9.17, 15) is 18.0 Å². The number of hydrogen-bond donors (Lipinski definition) is 2. The molecule has 0 aliphatic heterocycles. The molecule has 9 heteroatoms. The van der Waals surface area contributed by atoms with Gasteiger partial charge in [0.05, 0.1) is 15.9 Å². The van der Waals surface area contributed by atoms with Crippen molar-refractivity contribution in [2.45, 2.75) is 25.2 Å². The van der Waals surface area contributed by atoms with Crippen molar-refractivity contribution < 1.29 is 13.2 Å². The predicted octanol–water partition coefficient (Wildman–Crippen LogP) is 1.80. The second-order valence-corrected chi connectivity index (χ2v) is 8.81. The Bertz CT molecular complexity index is 1260. The quantitative estimate of drug-likeness (QED) is 0.640. The summed E-state index contributed by atoms with van der Waals surface area (Å²) < 4.78 is 30.2. The van der Waals surface area contributed by atoms with Crippen LogP contribution in [0.2, 0.25) is 0 Å². The summed E-state index contributed by atoms with van der Waals surface area (Å²) in [5.41, 5.74) is 3.75. The lowest BCUT2D eigenvalue weighted by Crippen LogP contribution is -2.28. The maximum absolute atomic E-state index is 12.4. The van der Waals surface area contributed by atoms with Crippen molar-refractivity contribution in [1.29, 1.82) is 0 Å². The van der Waals surface area contributed by atoms with E-state index in [1.165, 1.54) is 9.13 Å². The molecule has 8 nitrogen and oxygen atoms in total. The minimum absolute atomic E-state index is 0.0180. The van der Waals surface area contributed by atoms with Gasteiger partial charge in [0.2, 0.25) is 15.9 Å². The van der Waals surface area contributed by atoms with Crippen molar-refractivity contribution in [3.8, 4) is 0 Å². The summed E-state index contributed by atoms with van der Waals surface area (Å²) in [5, 5.41) is 2.73. The van der Waals surface area contributed by atoms with Gasteiger partial charge in [-0.2, -0.15) is 0 Å². The molecule has 1 amide bonds. The third kappa shape index (κ3) is 4.25. The first-order chi connectivity index (χ1) is 13.6. The van der Waals surface area contributed by atoms with Gasteiger partial charge >= 0.3 is 5.69 Å². The maximum Gasteiger partial charge on any atom is 0.328 e. The van der Waals surface area contributed by atoms with E-state index in [-0.39, 0.29) is 29.5 Å². The molecule has 1 aromatic heterocycles. The third-order valence-electron chi connectivity index (χ3n) is 4.99. The van der Waals surface area contributed by atoms with Crippen molar-refractivity contribution >= 4 is 32.7 Å². The average Bonchev–Trinajstić information content (AvgIpc) is 2.87. The summed E-state index contributed by atoms with van der Waals surface area (Å²) in [5.74, 6) is -0.326. The summed E-state index contributed by atoms with van der Waals surface area (Å²) >= 11 is 0. The molecule has 154 valence electrons. The highest BCUT2D eigenvalue weighted by Crippen LogP contribution is 2.18. The lowest BCUT2D eigenvalue weighted by Gasteiger charge is -2.09. The van der Waals surface area contributed by atoms with Crippen LogP contribution in [0.3, 0.4) is 0 Å². The van der Waals surface area contributed by atoms with Gasteiger partial charge in [0.15, 0.2) is 0 Å². The van der Waals surface area contributed by atoms with Crippen molar-refractivity contribution in [1.82, 2.24) is 13.9 Å². The number of anilines is 1. The molecule has 2 aromatic carbocycles. The Morgan fingerprint density at radius 2 is 1.66 bits per heavy atom. The highest BCUT2D eigenvalue weighted by molar-refractivity contribution is 7.89. The zero-order valence-electron chi connectivity index (χ0n) is 16.8. The van der Waals surface area contributed by atoms with Crippen molar-refractivity contribution in [3.05, 3.63) is 58.0 Å². The topological polar surface area (TPSA) is 102 Å². The number of carbonyl (C=O) groups is 1. The van der Waals surface area contributed by atoms with Crippen LogP contribution in [0.5, 0.6) is 0 Å². The summed E-state index contributed by atoms with van der Waals surface area (Å²) in [6, 6.07) is 10.1. The fourth-order valence-corrected chi connectivity index (χ4v) is 4.19. The first-order valence-corrected chi connectivity index (χ1v) is 10.6. The molecule has 0 atom stereocenters. The number of benzene rings is 2. The van der Waals surface area contributed by atoms with Crippen molar-refractivity contribution in [2.24, 2.45) is 14.1 Å². The van der Waals surface area contributed by atoms with Crippen LogP contribution in [0.15, 0.2) is 46.1 Å². The molecule has 0 saturated heterocycles. The van der Waals surface area contributed by atoms with E-state index in [4.69, 9.17) is 0 Å². The molecule has 0 spiro atoms. The van der Waals surface area contributed by atoms with Gasteiger partial charge in [-0.25, -0.2) is 17.9 Å². The Morgan fingerprint density at radius 3 is 2.34 bits per heavy atom. The number of amides is 1. The highest BCUT2D eigenvalue weighted by Gasteiger charge is 2.15. The van der Waals surface area contributed by atoms with Crippen LogP contribution in [-0.4, -0.2) is 30.0 Å². The fourth-order valence-electron chi connectivity index (χ4n) is 3.07. The number of aryl methyl sites for hydroxylation is 4. The van der Waals surface area contributed by atoms with Crippen LogP contribution in [0.1, 0.15) is 17.5 Å². The van der Waals surface area contributed by atoms with Crippen molar-refractivity contribution in [2.75, 3.05) is 11.9 Å². The number of rotatable bonds is 6. The molecule has 1 heterocycles. The van der Waals surface area contributed by atoms with Crippen LogP contribution >= 0.6 is 0 Å². The summed E-state index contributed by atoms with van der Waals surface area (Å²) in [7, 11) is -0.326. The molecule has 3 rings (SSSR count). The van der Waals surface area contributed by atoms with E-state index < -0.39 is 10.0 Å². The first-order valence-electron chi connectivity index (χ1n) is 9.12. The van der Waals surface area contributed by atoms with Crippen LogP contribution < -0.4 is 15.7 Å². The van der Waals surface area contributed by atoms with E-state index >= 15 is 0 Å². The zero-order valence-corrected chi connectivity index (χ0v) is 17.6. The van der Waals surface area contributed by atoms with Gasteiger partial charge in [0, 0.05) is 32.7 Å². The standard InChI is InChI=1S/C20H24N4O4S/c1-13-5-7-16(11-14(13)2)29(27,28)21-10-9-19(25)22-15-6-8-17-18(12-15)24(4)20(26)23(17)3/h5-8,11-12,21H,9-10H2,1-4H3,(H,22,25). The number of aromatic nitrogens is 2. The molecular weight excluding hydrogens is 392 g/mol. The third-order valence-corrected chi connectivity index (χ3v) is 6.45. The Hall–Kier alpha value is -2.91. The fraction of sp³-hybridized carbons (Fsp3) is 0.300. The lowest BCUT2D eigenvalue weighted by atomic mass is 10.1. The van der Waals surface area contributed by atoms with E-state index in [1.54, 1.807) is 50.5 Å². The second kappa shape index (κ2) is 7.84. The maximum atomic E-state index is 12.4. The largest absolute Gasteiger partial charge is 0.328 e. The molecule has 29 heavy (non-hydrogen) atoms. The molecule has 0 radical (unpaired) electrons. The summed E-state index contributed by atoms with van der Waals surface area (Å²) in [6.45, 7) is 3.74. The van der Waals surface area contributed by atoms with Gasteiger partial charge in [-0.3, -0.25) is 13.9 Å². The van der Waals surface area contributed by atoms with E-state index in [0.717, 1.165) is 16.6 Å². The monoisotopic (exact) mass is 416 g/mol. The SMILES string of the molecule is Cc1ccc(S(=O)(=O)NCCC(=O)Nc2ccc3c(c2)n(C)c(=O)n3C)cc1C. The average molecular weight is 417 g/mol. The number of sulfonamides is 1. The molecule has 2 N–H and O–H groups in total. The van der Waals surface area contributed by atoms with Gasteiger partial charge in [-0.05, 0) is 55.3 Å². The van der Waals surface area contributed by atoms with E-state index in [2.05, 4.69) is 10.0 Å². The molecule has 0 bridgehead atoms. The van der Waals surface area contributed by atoms with Gasteiger partial charge < -0.3 is 5.32 Å². The predicted molar refractivity (Wildman–Crippen MR) is 113 cm³/mol. The summed E-state index contributed by atoms with van der Waals surface area (Å²) in [4.78, 5) is 24.4. The number of nitrogens with one attached hydrogen (secondary N) is 2. The van der Waals surface area contributed by atoms with Crippen LogP contribution in [0.4, 0.5) is 5.69 Å². The normalized spacial score (nSPS) is 11.7. The first kappa shape index (κ1) is 20.8. The Kier molecular flexibility index (Phi) is 5.63. The molecule has 0 aliphatic rings. The van der Waals surface area contributed by atoms with Crippen molar-refractivity contribution in [3.63, 3.8) is 0 Å². The van der Waals surface area contributed by atoms with Crippen LogP contribution in [0, 0.1) is 13.8 Å². The second-order valence-electron chi connectivity index (χ2n) is 7.05. The van der Waals surface area contributed by atoms with Crippen LogP contribution in [0.25, 0.3) is 11.0 Å². The Labute approximate surface area is 169 Å². The number of imidazole rings is 1. The zero-order chi connectivity index (χ0) is 21.3. The minimum atomic E-state index is -3.68. The Balaban J connectivity index is 1.62. The van der Waals surface area contributed by atoms with Gasteiger partial charge in [0.1, 0.15) is 0 Å². The van der Waals surface area contributed by atoms with Gasteiger partial charge in [-0.1, -0.05) is 6.07 Å². The molecule has 3 aromatic rings. The molecule has 0 unspecified atom stereocenters. The van der Waals surface area contributed by atoms with E-state index in [1.807, 2.05) is 13.8 Å². The van der Waals surface area contributed by atoms with Gasteiger partial charge in [-0.15, -0.1) is 0 Å². The highest BCUT2D eigenvalue weighted by atomic mass is 32.2. The number of hydrogen-bond acceptors (Lipinski definition) is 4. The smallest absolute Gasteiger partial charge is 0.326 e. The lowest BCUT2D eigenvalue weighted by molar-refractivity contribution is -0.116. The number of nitrogens with zero attached hydrogens (tertiary/aromatic N) is 2. The number of carbonyl (C=O) groups excluding carboxylic acids is 1. The molecule has 0 saturated carbocycles. The Morgan fingerprint density at radius 1 is 0.966 bits per heavy atom. The minimum Gasteiger partial charge on any atom is -0.326 e. The molecule has 0 fully saturated rings. The van der Waals surface area contributed by atoms with Crippen LogP contribution in [-0.2, 0) is 28.9 Å². The number of fused-ring (bicyclic) bond motifs is 1.